The minimum absolute atomic E-state index is 0.111. The molecule has 0 fully saturated rings. The van der Waals surface area contributed by atoms with Crippen LogP contribution in [0.2, 0.25) is 0 Å². The highest BCUT2D eigenvalue weighted by molar-refractivity contribution is 5.94. The average molecular weight is 631 g/mol. The highest BCUT2D eigenvalue weighted by Gasteiger charge is 2.30. The molecule has 11 nitrogen and oxygen atoms in total. The van der Waals surface area contributed by atoms with Crippen molar-refractivity contribution in [3.05, 3.63) is 102 Å². The first-order valence-electron chi connectivity index (χ1n) is 15.8. The number of aromatic hydroxyl groups is 1. The van der Waals surface area contributed by atoms with E-state index in [4.69, 9.17) is 11.5 Å². The number of carbonyl (C=O) groups is 4. The summed E-state index contributed by atoms with van der Waals surface area (Å²) < 4.78 is 0. The Balaban J connectivity index is 1.75. The van der Waals surface area contributed by atoms with Crippen LogP contribution in [0.5, 0.6) is 5.75 Å². The van der Waals surface area contributed by atoms with Crippen LogP contribution in [-0.2, 0) is 32.1 Å². The van der Waals surface area contributed by atoms with Crippen LogP contribution in [0, 0.1) is 0 Å². The molecule has 4 amide bonds. The van der Waals surface area contributed by atoms with E-state index in [1.807, 2.05) is 36.4 Å². The van der Waals surface area contributed by atoms with Crippen LogP contribution in [0.1, 0.15) is 61.3 Å². The molecule has 11 heteroatoms. The molecule has 3 atom stereocenters. The standard InChI is InChI=1S/C35H46N6O5/c36-21-9-7-15-29(39-31(43)23-25-11-3-1-4-12-25)33(44)40-30(16-8-10-22-37)34(45)41-32(27-13-5-2-6-14-27)35(46)38-24-26-17-19-28(42)20-18-26/h1-6,11-14,17-20,29-30,32,42H,7-10,15-16,21-24,36-37H2,(H,38,46)(H,39,43)(H,40,44)(H,41,45)/t29-,30-,32-/m0/s1. The molecular formula is C35H46N6O5. The van der Waals surface area contributed by atoms with Crippen LogP contribution in [0.3, 0.4) is 0 Å². The molecule has 0 spiro atoms. The number of phenols is 1. The number of nitrogens with two attached hydrogens (primary N) is 2. The molecule has 246 valence electrons. The van der Waals surface area contributed by atoms with Crippen molar-refractivity contribution in [2.45, 2.75) is 69.6 Å². The van der Waals surface area contributed by atoms with Crippen LogP contribution in [-0.4, -0.2) is 53.9 Å². The molecule has 0 heterocycles. The second kappa shape index (κ2) is 19.6. The summed E-state index contributed by atoms with van der Waals surface area (Å²) in [5, 5.41) is 20.9. The fourth-order valence-electron chi connectivity index (χ4n) is 4.92. The number of unbranched alkanes of at least 4 members (excludes halogenated alkanes) is 2. The molecule has 0 saturated heterocycles. The van der Waals surface area contributed by atoms with E-state index in [1.165, 1.54) is 12.1 Å². The van der Waals surface area contributed by atoms with Gasteiger partial charge in [0, 0.05) is 6.54 Å². The molecule has 3 aromatic rings. The van der Waals surface area contributed by atoms with Gasteiger partial charge in [0.05, 0.1) is 6.42 Å². The largest absolute Gasteiger partial charge is 0.508 e. The SMILES string of the molecule is NCCCC[C@H](NC(=O)Cc1ccccc1)C(=O)N[C@@H](CCCCN)C(=O)N[C@H](C(=O)NCc1ccc(O)cc1)c1ccccc1. The van der Waals surface area contributed by atoms with Crippen LogP contribution in [0.15, 0.2) is 84.9 Å². The van der Waals surface area contributed by atoms with Crippen molar-refractivity contribution in [2.24, 2.45) is 11.5 Å². The molecule has 0 bridgehead atoms. The summed E-state index contributed by atoms with van der Waals surface area (Å²) in [6.45, 7) is 1.06. The predicted molar refractivity (Wildman–Crippen MR) is 177 cm³/mol. The van der Waals surface area contributed by atoms with Gasteiger partial charge >= 0.3 is 0 Å². The van der Waals surface area contributed by atoms with E-state index in [1.54, 1.807) is 36.4 Å². The zero-order valence-corrected chi connectivity index (χ0v) is 26.1. The lowest BCUT2D eigenvalue weighted by Crippen LogP contribution is -2.55. The lowest BCUT2D eigenvalue weighted by molar-refractivity contribution is -0.134. The number of hydrogen-bond acceptors (Lipinski definition) is 7. The van der Waals surface area contributed by atoms with Gasteiger partial charge in [0.1, 0.15) is 23.9 Å². The first kappa shape index (κ1) is 35.7. The Hall–Kier alpha value is -4.74. The van der Waals surface area contributed by atoms with Gasteiger partial charge in [0.2, 0.25) is 23.6 Å². The van der Waals surface area contributed by atoms with Gasteiger partial charge in [-0.2, -0.15) is 0 Å². The Bertz CT molecular complexity index is 1370. The van der Waals surface area contributed by atoms with E-state index in [0.717, 1.165) is 11.1 Å². The quantitative estimate of drug-likeness (QED) is 0.0990. The smallest absolute Gasteiger partial charge is 0.247 e. The summed E-state index contributed by atoms with van der Waals surface area (Å²) in [6, 6.07) is 21.6. The maximum Gasteiger partial charge on any atom is 0.247 e. The minimum Gasteiger partial charge on any atom is -0.508 e. The number of rotatable bonds is 19. The molecule has 46 heavy (non-hydrogen) atoms. The zero-order chi connectivity index (χ0) is 33.1. The Morgan fingerprint density at radius 2 is 1.15 bits per heavy atom. The average Bonchev–Trinajstić information content (AvgIpc) is 3.06. The third-order valence-electron chi connectivity index (χ3n) is 7.47. The molecule has 0 radical (unpaired) electrons. The highest BCUT2D eigenvalue weighted by Crippen LogP contribution is 2.16. The van der Waals surface area contributed by atoms with Crippen molar-refractivity contribution in [1.29, 1.82) is 0 Å². The van der Waals surface area contributed by atoms with Crippen molar-refractivity contribution in [3.8, 4) is 5.75 Å². The zero-order valence-electron chi connectivity index (χ0n) is 26.1. The maximum absolute atomic E-state index is 13.8. The van der Waals surface area contributed by atoms with Crippen molar-refractivity contribution >= 4 is 23.6 Å². The maximum atomic E-state index is 13.8. The molecule has 0 unspecified atom stereocenters. The van der Waals surface area contributed by atoms with Crippen LogP contribution < -0.4 is 32.7 Å². The van der Waals surface area contributed by atoms with E-state index in [9.17, 15) is 24.3 Å². The first-order valence-corrected chi connectivity index (χ1v) is 15.8. The Morgan fingerprint density at radius 3 is 1.74 bits per heavy atom. The van der Waals surface area contributed by atoms with Gasteiger partial charge in [0.15, 0.2) is 0 Å². The van der Waals surface area contributed by atoms with Gasteiger partial charge in [-0.25, -0.2) is 0 Å². The second-order valence-electron chi connectivity index (χ2n) is 11.1. The predicted octanol–water partition coefficient (Wildman–Crippen LogP) is 2.34. The molecule has 3 aromatic carbocycles. The number of amides is 4. The van der Waals surface area contributed by atoms with Crippen LogP contribution in [0.25, 0.3) is 0 Å². The Kier molecular flexibility index (Phi) is 15.2. The molecule has 0 aromatic heterocycles. The van der Waals surface area contributed by atoms with E-state index >= 15 is 0 Å². The summed E-state index contributed by atoms with van der Waals surface area (Å²) in [6.07, 6.45) is 3.25. The highest BCUT2D eigenvalue weighted by atomic mass is 16.3. The number of benzene rings is 3. The molecular weight excluding hydrogens is 584 g/mol. The van der Waals surface area contributed by atoms with E-state index < -0.39 is 35.8 Å². The summed E-state index contributed by atoms with van der Waals surface area (Å²) in [7, 11) is 0. The lowest BCUT2D eigenvalue weighted by atomic mass is 10.0. The number of nitrogens with one attached hydrogen (secondary N) is 4. The molecule has 0 saturated carbocycles. The van der Waals surface area contributed by atoms with Gasteiger partial charge < -0.3 is 37.8 Å². The summed E-state index contributed by atoms with van der Waals surface area (Å²) in [5.74, 6) is -1.65. The van der Waals surface area contributed by atoms with Crippen molar-refractivity contribution in [1.82, 2.24) is 21.3 Å². The van der Waals surface area contributed by atoms with Gasteiger partial charge in [0.25, 0.3) is 0 Å². The van der Waals surface area contributed by atoms with E-state index in [-0.39, 0.29) is 24.6 Å². The van der Waals surface area contributed by atoms with Gasteiger partial charge in [-0.15, -0.1) is 0 Å². The molecule has 9 N–H and O–H groups in total. The van der Waals surface area contributed by atoms with Gasteiger partial charge in [-0.3, -0.25) is 19.2 Å². The number of phenolic OH excluding ortho intramolecular Hbond substituents is 1. The molecule has 3 rings (SSSR count). The minimum atomic E-state index is -1.04. The number of carbonyl (C=O) groups excluding carboxylic acids is 4. The fourth-order valence-corrected chi connectivity index (χ4v) is 4.92. The normalized spacial score (nSPS) is 12.7. The van der Waals surface area contributed by atoms with Crippen molar-refractivity contribution in [3.63, 3.8) is 0 Å². The third-order valence-corrected chi connectivity index (χ3v) is 7.47. The van der Waals surface area contributed by atoms with Gasteiger partial charge in [-0.05, 0) is 80.4 Å². The summed E-state index contributed by atoms with van der Waals surface area (Å²) >= 11 is 0. The first-order chi connectivity index (χ1) is 22.3. The third kappa shape index (κ3) is 12.3. The van der Waals surface area contributed by atoms with Crippen LogP contribution in [0.4, 0.5) is 0 Å². The second-order valence-corrected chi connectivity index (χ2v) is 11.1. The lowest BCUT2D eigenvalue weighted by Gasteiger charge is -2.26. The van der Waals surface area contributed by atoms with Gasteiger partial charge in [-0.1, -0.05) is 72.8 Å². The topological polar surface area (TPSA) is 189 Å². The monoisotopic (exact) mass is 630 g/mol. The van der Waals surface area contributed by atoms with Crippen molar-refractivity contribution in [2.75, 3.05) is 13.1 Å². The molecule has 0 aliphatic carbocycles. The Labute approximate surface area is 270 Å². The Morgan fingerprint density at radius 1 is 0.609 bits per heavy atom. The molecule has 0 aliphatic rings. The number of hydrogen-bond donors (Lipinski definition) is 7. The van der Waals surface area contributed by atoms with E-state index in [2.05, 4.69) is 21.3 Å². The van der Waals surface area contributed by atoms with Crippen LogP contribution >= 0.6 is 0 Å². The summed E-state index contributed by atoms with van der Waals surface area (Å²) in [5.41, 5.74) is 13.5. The molecule has 0 aliphatic heterocycles. The fraction of sp³-hybridized carbons (Fsp3) is 0.371. The summed E-state index contributed by atoms with van der Waals surface area (Å²) in [4.78, 5) is 53.6. The van der Waals surface area contributed by atoms with E-state index in [0.29, 0.717) is 57.2 Å². The van der Waals surface area contributed by atoms with Crippen molar-refractivity contribution < 1.29 is 24.3 Å².